The molecule has 26 heavy (non-hydrogen) atoms. The van der Waals surface area contributed by atoms with Gasteiger partial charge in [-0.2, -0.15) is 0 Å². The van der Waals surface area contributed by atoms with Gasteiger partial charge in [0.15, 0.2) is 11.5 Å². The molecule has 1 atom stereocenters. The zero-order chi connectivity index (χ0) is 19.1. The third kappa shape index (κ3) is 4.59. The number of hydrogen-bond acceptors (Lipinski definition) is 4. The number of methoxy groups -OCH3 is 3. The van der Waals surface area contributed by atoms with Crippen LogP contribution in [0.3, 0.4) is 0 Å². The Bertz CT molecular complexity index is 736. The predicted molar refractivity (Wildman–Crippen MR) is 101 cm³/mol. The quantitative estimate of drug-likeness (QED) is 0.794. The Labute approximate surface area is 154 Å². The van der Waals surface area contributed by atoms with E-state index < -0.39 is 0 Å². The third-order valence-corrected chi connectivity index (χ3v) is 4.18. The largest absolute Gasteiger partial charge is 0.493 e. The van der Waals surface area contributed by atoms with Gasteiger partial charge in [0.1, 0.15) is 0 Å². The van der Waals surface area contributed by atoms with Crippen LogP contribution in [0.5, 0.6) is 17.2 Å². The molecule has 2 aromatic carbocycles. The minimum Gasteiger partial charge on any atom is -0.493 e. The molecule has 2 N–H and O–H groups in total. The van der Waals surface area contributed by atoms with Crippen molar-refractivity contribution in [2.24, 2.45) is 0 Å². The van der Waals surface area contributed by atoms with Crippen molar-refractivity contribution in [1.82, 2.24) is 10.6 Å². The number of hydrogen-bond donors (Lipinski definition) is 2. The molecule has 6 nitrogen and oxygen atoms in total. The molecular weight excluding hydrogens is 332 g/mol. The zero-order valence-corrected chi connectivity index (χ0v) is 15.9. The van der Waals surface area contributed by atoms with Crippen molar-refractivity contribution in [3.8, 4) is 17.2 Å². The molecule has 1 unspecified atom stereocenters. The van der Waals surface area contributed by atoms with Gasteiger partial charge < -0.3 is 24.8 Å². The fourth-order valence-corrected chi connectivity index (χ4v) is 2.82. The summed E-state index contributed by atoms with van der Waals surface area (Å²) in [6.07, 6.45) is 0. The standard InChI is InChI=1S/C20H26N2O4/c1-13-8-6-7-9-16(13)14(2)22-20(23)21-12-15-10-17(24-3)19(26-5)18(11-15)25-4/h6-11,14H,12H2,1-5H3,(H2,21,22,23). The highest BCUT2D eigenvalue weighted by atomic mass is 16.5. The molecule has 0 fully saturated rings. The van der Waals surface area contributed by atoms with E-state index in [-0.39, 0.29) is 12.1 Å². The number of benzene rings is 2. The van der Waals surface area contributed by atoms with Crippen LogP contribution in [0.4, 0.5) is 4.79 Å². The summed E-state index contributed by atoms with van der Waals surface area (Å²) in [7, 11) is 4.68. The van der Waals surface area contributed by atoms with Gasteiger partial charge in [-0.05, 0) is 42.7 Å². The first kappa shape index (κ1) is 19.4. The van der Waals surface area contributed by atoms with Crippen molar-refractivity contribution >= 4 is 6.03 Å². The monoisotopic (exact) mass is 358 g/mol. The average molecular weight is 358 g/mol. The van der Waals surface area contributed by atoms with E-state index >= 15 is 0 Å². The van der Waals surface area contributed by atoms with Crippen molar-refractivity contribution < 1.29 is 19.0 Å². The maximum absolute atomic E-state index is 12.2. The van der Waals surface area contributed by atoms with Gasteiger partial charge in [0, 0.05) is 6.54 Å². The molecule has 2 rings (SSSR count). The number of amides is 2. The maximum atomic E-state index is 12.2. The number of carbonyl (C=O) groups is 1. The predicted octanol–water partition coefficient (Wildman–Crippen LogP) is 3.58. The Kier molecular flexibility index (Phi) is 6.72. The fourth-order valence-electron chi connectivity index (χ4n) is 2.82. The molecule has 2 aromatic rings. The Morgan fingerprint density at radius 1 is 1.04 bits per heavy atom. The van der Waals surface area contributed by atoms with Gasteiger partial charge in [-0.15, -0.1) is 0 Å². The van der Waals surface area contributed by atoms with E-state index in [9.17, 15) is 4.79 Å². The van der Waals surface area contributed by atoms with E-state index in [0.717, 1.165) is 16.7 Å². The van der Waals surface area contributed by atoms with Gasteiger partial charge in [0.05, 0.1) is 27.4 Å². The Hall–Kier alpha value is -2.89. The van der Waals surface area contributed by atoms with Crippen molar-refractivity contribution in [1.29, 1.82) is 0 Å². The van der Waals surface area contributed by atoms with Crippen molar-refractivity contribution in [2.75, 3.05) is 21.3 Å². The molecule has 140 valence electrons. The summed E-state index contributed by atoms with van der Waals surface area (Å²) >= 11 is 0. The summed E-state index contributed by atoms with van der Waals surface area (Å²) in [5, 5.41) is 5.81. The number of ether oxygens (including phenoxy) is 3. The second kappa shape index (κ2) is 8.99. The molecule has 0 aliphatic rings. The van der Waals surface area contributed by atoms with E-state index in [4.69, 9.17) is 14.2 Å². The summed E-state index contributed by atoms with van der Waals surface area (Å²) in [5.41, 5.74) is 3.08. The van der Waals surface area contributed by atoms with Crippen molar-refractivity contribution in [3.05, 3.63) is 53.1 Å². The topological polar surface area (TPSA) is 68.8 Å². The van der Waals surface area contributed by atoms with Crippen LogP contribution in [0, 0.1) is 6.92 Å². The highest BCUT2D eigenvalue weighted by Crippen LogP contribution is 2.38. The third-order valence-electron chi connectivity index (χ3n) is 4.18. The number of nitrogens with one attached hydrogen (secondary N) is 2. The van der Waals surface area contributed by atoms with E-state index in [1.54, 1.807) is 21.3 Å². The van der Waals surface area contributed by atoms with Crippen LogP contribution >= 0.6 is 0 Å². The molecule has 2 amide bonds. The average Bonchev–Trinajstić information content (AvgIpc) is 2.65. The van der Waals surface area contributed by atoms with Crippen LogP contribution < -0.4 is 24.8 Å². The number of aryl methyl sites for hydroxylation is 1. The van der Waals surface area contributed by atoms with Gasteiger partial charge in [-0.3, -0.25) is 0 Å². The zero-order valence-electron chi connectivity index (χ0n) is 15.9. The van der Waals surface area contributed by atoms with Crippen LogP contribution in [0.1, 0.15) is 29.7 Å². The van der Waals surface area contributed by atoms with Gasteiger partial charge in [0.25, 0.3) is 0 Å². The van der Waals surface area contributed by atoms with Gasteiger partial charge in [-0.25, -0.2) is 4.79 Å². The van der Waals surface area contributed by atoms with E-state index in [1.165, 1.54) is 0 Å². The minimum absolute atomic E-state index is 0.0869. The molecule has 0 aliphatic carbocycles. The van der Waals surface area contributed by atoms with Crippen molar-refractivity contribution in [3.63, 3.8) is 0 Å². The number of carbonyl (C=O) groups excluding carboxylic acids is 1. The molecule has 0 bridgehead atoms. The fraction of sp³-hybridized carbons (Fsp3) is 0.350. The first-order chi connectivity index (χ1) is 12.5. The second-order valence-electron chi connectivity index (χ2n) is 5.94. The van der Waals surface area contributed by atoms with Gasteiger partial charge >= 0.3 is 6.03 Å². The van der Waals surface area contributed by atoms with Gasteiger partial charge in [0.2, 0.25) is 5.75 Å². The van der Waals surface area contributed by atoms with Crippen LogP contribution in [-0.2, 0) is 6.54 Å². The Morgan fingerprint density at radius 3 is 2.19 bits per heavy atom. The summed E-state index contributed by atoms with van der Waals surface area (Å²) < 4.78 is 16.0. The minimum atomic E-state index is -0.241. The number of urea groups is 1. The molecule has 0 heterocycles. The van der Waals surface area contributed by atoms with Crippen LogP contribution in [0.25, 0.3) is 0 Å². The lowest BCUT2D eigenvalue weighted by Crippen LogP contribution is -2.36. The SMILES string of the molecule is COc1cc(CNC(=O)NC(C)c2ccccc2C)cc(OC)c1OC. The van der Waals surface area contributed by atoms with E-state index in [0.29, 0.717) is 23.8 Å². The van der Waals surface area contributed by atoms with Crippen LogP contribution in [0.15, 0.2) is 36.4 Å². The molecule has 0 radical (unpaired) electrons. The molecule has 6 heteroatoms. The highest BCUT2D eigenvalue weighted by Gasteiger charge is 2.14. The Morgan fingerprint density at radius 2 is 1.65 bits per heavy atom. The molecule has 0 aliphatic heterocycles. The molecule has 0 saturated heterocycles. The first-order valence-electron chi connectivity index (χ1n) is 8.39. The highest BCUT2D eigenvalue weighted by molar-refractivity contribution is 5.74. The summed E-state index contributed by atoms with van der Waals surface area (Å²) in [6.45, 7) is 4.33. The van der Waals surface area contributed by atoms with Crippen LogP contribution in [0.2, 0.25) is 0 Å². The smallest absolute Gasteiger partial charge is 0.315 e. The first-order valence-corrected chi connectivity index (χ1v) is 8.39. The van der Waals surface area contributed by atoms with Crippen LogP contribution in [-0.4, -0.2) is 27.4 Å². The molecule has 0 saturated carbocycles. The normalized spacial score (nSPS) is 11.4. The van der Waals surface area contributed by atoms with Crippen molar-refractivity contribution in [2.45, 2.75) is 26.4 Å². The second-order valence-corrected chi connectivity index (χ2v) is 5.94. The van der Waals surface area contributed by atoms with E-state index in [2.05, 4.69) is 10.6 Å². The van der Waals surface area contributed by atoms with Gasteiger partial charge in [-0.1, -0.05) is 24.3 Å². The molecular formula is C20H26N2O4. The lowest BCUT2D eigenvalue weighted by atomic mass is 10.0. The number of rotatable bonds is 7. The lowest BCUT2D eigenvalue weighted by molar-refractivity contribution is 0.237. The molecule has 0 aromatic heterocycles. The molecule has 0 spiro atoms. The summed E-state index contributed by atoms with van der Waals surface area (Å²) in [6, 6.07) is 11.3. The summed E-state index contributed by atoms with van der Waals surface area (Å²) in [5.74, 6) is 1.63. The van der Waals surface area contributed by atoms with E-state index in [1.807, 2.05) is 50.2 Å². The lowest BCUT2D eigenvalue weighted by Gasteiger charge is -2.18. The summed E-state index contributed by atoms with van der Waals surface area (Å²) in [4.78, 5) is 12.2. The Balaban J connectivity index is 2.02. The maximum Gasteiger partial charge on any atom is 0.315 e.